The fourth-order valence-electron chi connectivity index (χ4n) is 5.94. The number of nitrogen functional groups attached to an aromatic ring is 1. The van der Waals surface area contributed by atoms with Crippen LogP contribution in [0.1, 0.15) is 70.4 Å². The Morgan fingerprint density at radius 3 is 2.26 bits per heavy atom. The van der Waals surface area contributed by atoms with Crippen molar-refractivity contribution in [1.82, 2.24) is 29.3 Å². The largest absolute Gasteiger partial charge is 0.463 e. The highest BCUT2D eigenvalue weighted by atomic mass is 16.5. The second-order valence-electron chi connectivity index (χ2n) is 11.5. The number of ether oxygens (including phenoxy) is 1. The molecule has 4 heterocycles. The van der Waals surface area contributed by atoms with Crippen LogP contribution in [0.15, 0.2) is 29.1 Å². The maximum absolute atomic E-state index is 12.7. The molecule has 206 valence electrons. The van der Waals surface area contributed by atoms with Crippen LogP contribution in [-0.2, 0) is 13.1 Å². The monoisotopic (exact) mass is 521 g/mol. The van der Waals surface area contributed by atoms with Crippen LogP contribution in [0.4, 0.5) is 5.82 Å². The Morgan fingerprint density at radius 2 is 1.63 bits per heavy atom. The number of piperidine rings is 2. The van der Waals surface area contributed by atoms with E-state index in [4.69, 9.17) is 10.5 Å². The van der Waals surface area contributed by atoms with Crippen molar-refractivity contribution in [2.75, 3.05) is 38.5 Å². The van der Waals surface area contributed by atoms with E-state index in [1.807, 2.05) is 0 Å². The molecule has 2 saturated heterocycles. The number of hydrogen-bond acceptors (Lipinski definition) is 7. The molecule has 1 spiro atoms. The molecule has 0 amide bonds. The van der Waals surface area contributed by atoms with Gasteiger partial charge in [-0.3, -0.25) is 9.47 Å². The van der Waals surface area contributed by atoms with Gasteiger partial charge in [0.25, 0.3) is 0 Å². The van der Waals surface area contributed by atoms with E-state index in [2.05, 4.69) is 69.8 Å². The second kappa shape index (κ2) is 11.5. The lowest BCUT2D eigenvalue weighted by molar-refractivity contribution is 0.0230. The van der Waals surface area contributed by atoms with Gasteiger partial charge in [0, 0.05) is 12.6 Å². The van der Waals surface area contributed by atoms with Gasteiger partial charge < -0.3 is 20.4 Å². The molecule has 0 radical (unpaired) electrons. The molecule has 2 aliphatic rings. The van der Waals surface area contributed by atoms with E-state index in [-0.39, 0.29) is 17.5 Å². The summed E-state index contributed by atoms with van der Waals surface area (Å²) in [7, 11) is 0. The van der Waals surface area contributed by atoms with Crippen molar-refractivity contribution in [3.63, 3.8) is 0 Å². The highest BCUT2D eigenvalue weighted by molar-refractivity contribution is 5.81. The predicted octanol–water partition coefficient (Wildman–Crippen LogP) is 4.02. The topological polar surface area (TPSA) is 105 Å². The molecule has 3 N–H and O–H groups in total. The number of fused-ring (bicyclic) bond motifs is 1. The van der Waals surface area contributed by atoms with Gasteiger partial charge in [-0.05, 0) is 88.7 Å². The molecule has 2 aromatic heterocycles. The third-order valence-corrected chi connectivity index (χ3v) is 8.63. The summed E-state index contributed by atoms with van der Waals surface area (Å²) in [4.78, 5) is 29.4. The number of aromatic amines is 1. The number of nitrogens with one attached hydrogen (secondary N) is 1. The van der Waals surface area contributed by atoms with Crippen molar-refractivity contribution < 1.29 is 4.74 Å². The number of benzene rings is 1. The Balaban J connectivity index is 1.19. The van der Waals surface area contributed by atoms with Gasteiger partial charge in [0.15, 0.2) is 11.5 Å². The van der Waals surface area contributed by atoms with Gasteiger partial charge >= 0.3 is 11.7 Å². The fourth-order valence-corrected chi connectivity index (χ4v) is 5.94. The highest BCUT2D eigenvalue weighted by Gasteiger charge is 2.37. The minimum atomic E-state index is -0.253. The van der Waals surface area contributed by atoms with Crippen molar-refractivity contribution in [3.05, 3.63) is 45.9 Å². The lowest BCUT2D eigenvalue weighted by Crippen LogP contribution is -2.48. The molecule has 1 aromatic carbocycles. The first-order valence-corrected chi connectivity index (χ1v) is 14.3. The maximum Gasteiger partial charge on any atom is 0.328 e. The molecule has 5 rings (SSSR count). The Labute approximate surface area is 225 Å². The van der Waals surface area contributed by atoms with Crippen molar-refractivity contribution >= 4 is 17.0 Å². The van der Waals surface area contributed by atoms with E-state index < -0.39 is 0 Å². The molecule has 0 saturated carbocycles. The minimum absolute atomic E-state index is 0.209. The van der Waals surface area contributed by atoms with Crippen molar-refractivity contribution in [2.24, 2.45) is 5.41 Å². The van der Waals surface area contributed by atoms with Crippen LogP contribution in [0.3, 0.4) is 0 Å². The Bertz CT molecular complexity index is 1260. The average molecular weight is 522 g/mol. The summed E-state index contributed by atoms with van der Waals surface area (Å²) in [5, 5.41) is 0. The Kier molecular flexibility index (Phi) is 8.04. The molecule has 0 unspecified atom stereocenters. The third kappa shape index (κ3) is 5.89. The van der Waals surface area contributed by atoms with Gasteiger partial charge in [-0.15, -0.1) is 0 Å². The zero-order valence-corrected chi connectivity index (χ0v) is 23.2. The SMILES string of the molecule is CCCCOc1nc(N)c2[nH]c(=O)n(Cc3ccc(CN4CCC5(CC4)CCN(C(C)C)CC5)cc3)c2n1. The lowest BCUT2D eigenvalue weighted by Gasteiger charge is -2.47. The van der Waals surface area contributed by atoms with E-state index in [0.29, 0.717) is 35.8 Å². The van der Waals surface area contributed by atoms with Crippen molar-refractivity contribution in [2.45, 2.75) is 78.4 Å². The Hall–Kier alpha value is -2.91. The molecule has 0 aliphatic carbocycles. The maximum atomic E-state index is 12.7. The molecular weight excluding hydrogens is 478 g/mol. The van der Waals surface area contributed by atoms with Gasteiger partial charge in [0.1, 0.15) is 5.52 Å². The first-order valence-electron chi connectivity index (χ1n) is 14.3. The summed E-state index contributed by atoms with van der Waals surface area (Å²) in [5.41, 5.74) is 9.67. The van der Waals surface area contributed by atoms with Crippen molar-refractivity contribution in [3.8, 4) is 6.01 Å². The normalized spacial score (nSPS) is 18.5. The lowest BCUT2D eigenvalue weighted by atomic mass is 9.71. The molecule has 2 aliphatic heterocycles. The quantitative estimate of drug-likeness (QED) is 0.410. The summed E-state index contributed by atoms with van der Waals surface area (Å²) in [6, 6.07) is 9.46. The van der Waals surface area contributed by atoms with E-state index in [1.165, 1.54) is 57.4 Å². The number of imidazole rings is 1. The second-order valence-corrected chi connectivity index (χ2v) is 11.5. The van der Waals surface area contributed by atoms with Gasteiger partial charge in [0.05, 0.1) is 13.2 Å². The third-order valence-electron chi connectivity index (χ3n) is 8.63. The first-order chi connectivity index (χ1) is 18.4. The molecule has 3 aromatic rings. The van der Waals surface area contributed by atoms with E-state index in [1.54, 1.807) is 4.57 Å². The zero-order chi connectivity index (χ0) is 26.7. The molecule has 38 heavy (non-hydrogen) atoms. The smallest absolute Gasteiger partial charge is 0.328 e. The highest BCUT2D eigenvalue weighted by Crippen LogP contribution is 2.41. The van der Waals surface area contributed by atoms with Crippen LogP contribution in [0.25, 0.3) is 11.2 Å². The van der Waals surface area contributed by atoms with Crippen molar-refractivity contribution in [1.29, 1.82) is 0 Å². The minimum Gasteiger partial charge on any atom is -0.463 e. The summed E-state index contributed by atoms with van der Waals surface area (Å²) < 4.78 is 7.25. The van der Waals surface area contributed by atoms with Gasteiger partial charge in [-0.2, -0.15) is 9.97 Å². The molecule has 2 fully saturated rings. The van der Waals surface area contributed by atoms with E-state index >= 15 is 0 Å². The van der Waals surface area contributed by atoms with Gasteiger partial charge in [0.2, 0.25) is 0 Å². The van der Waals surface area contributed by atoms with Crippen LogP contribution in [-0.4, -0.2) is 68.1 Å². The van der Waals surface area contributed by atoms with Crippen LogP contribution in [0.2, 0.25) is 0 Å². The molecule has 9 nitrogen and oxygen atoms in total. The number of likely N-dealkylation sites (tertiary alicyclic amines) is 2. The zero-order valence-electron chi connectivity index (χ0n) is 23.2. The summed E-state index contributed by atoms with van der Waals surface area (Å²) in [5.74, 6) is 0.224. The van der Waals surface area contributed by atoms with Crippen LogP contribution >= 0.6 is 0 Å². The summed E-state index contributed by atoms with van der Waals surface area (Å²) in [6.45, 7) is 13.5. The number of hydrogen-bond donors (Lipinski definition) is 2. The summed E-state index contributed by atoms with van der Waals surface area (Å²) >= 11 is 0. The number of nitrogens with zero attached hydrogens (tertiary/aromatic N) is 5. The number of aromatic nitrogens is 4. The summed E-state index contributed by atoms with van der Waals surface area (Å²) in [6.07, 6.45) is 7.25. The fraction of sp³-hybridized carbons (Fsp3) is 0.621. The number of unbranched alkanes of at least 4 members (excludes halogenated alkanes) is 1. The number of rotatable bonds is 9. The number of anilines is 1. The number of nitrogens with two attached hydrogens (primary N) is 1. The molecule has 9 heteroatoms. The molecule has 0 bridgehead atoms. The standard InChI is InChI=1S/C29H43N7O2/c1-4-5-18-38-27-32-25(30)24-26(33-27)36(28(37)31-24)20-23-8-6-22(7-9-23)19-34-14-10-29(11-15-34)12-16-35(17-13-29)21(2)3/h6-9,21H,4-5,10-20H2,1-3H3,(H,31,37)(H2,30,32,33). The average Bonchev–Trinajstić information content (AvgIpc) is 3.22. The Morgan fingerprint density at radius 1 is 1.00 bits per heavy atom. The van der Waals surface area contributed by atoms with E-state index in [0.717, 1.165) is 24.9 Å². The number of H-pyrrole nitrogens is 1. The van der Waals surface area contributed by atoms with Gasteiger partial charge in [-0.1, -0.05) is 37.6 Å². The van der Waals surface area contributed by atoms with Gasteiger partial charge in [-0.25, -0.2) is 4.79 Å². The van der Waals surface area contributed by atoms with Crippen LogP contribution in [0, 0.1) is 5.41 Å². The van der Waals surface area contributed by atoms with Crippen LogP contribution < -0.4 is 16.2 Å². The first kappa shape index (κ1) is 26.7. The molecular formula is C29H43N7O2. The predicted molar refractivity (Wildman–Crippen MR) is 151 cm³/mol. The van der Waals surface area contributed by atoms with E-state index in [9.17, 15) is 4.79 Å². The van der Waals surface area contributed by atoms with Crippen LogP contribution in [0.5, 0.6) is 6.01 Å². The molecule has 0 atom stereocenters.